The van der Waals surface area contributed by atoms with Gasteiger partial charge in [-0.05, 0) is 30.7 Å². The Labute approximate surface area is 131 Å². The molecule has 2 heterocycles. The number of benzene rings is 1. The highest BCUT2D eigenvalue weighted by Crippen LogP contribution is 2.22. The number of para-hydroxylation sites is 1. The van der Waals surface area contributed by atoms with Crippen molar-refractivity contribution in [1.82, 2.24) is 15.3 Å². The van der Waals surface area contributed by atoms with Gasteiger partial charge in [-0.25, -0.2) is 4.98 Å². The highest BCUT2D eigenvalue weighted by molar-refractivity contribution is 7.18. The number of hydrogen-bond donors (Lipinski definition) is 2. The summed E-state index contributed by atoms with van der Waals surface area (Å²) in [5, 5.41) is 3.82. The Morgan fingerprint density at radius 3 is 2.91 bits per heavy atom. The van der Waals surface area contributed by atoms with Crippen molar-refractivity contribution >= 4 is 27.5 Å². The number of aryl methyl sites for hydroxylation is 1. The van der Waals surface area contributed by atoms with E-state index in [0.717, 1.165) is 23.4 Å². The summed E-state index contributed by atoms with van der Waals surface area (Å²) in [5.41, 5.74) is 0.788. The number of aromatic nitrogens is 2. The lowest BCUT2D eigenvalue weighted by atomic mass is 10.2. The molecule has 1 amide bonds. The Kier molecular flexibility index (Phi) is 4.29. The molecule has 0 spiro atoms. The second-order valence-electron chi connectivity index (χ2n) is 4.85. The predicted molar refractivity (Wildman–Crippen MR) is 87.3 cm³/mol. The van der Waals surface area contributed by atoms with Gasteiger partial charge in [0.25, 0.3) is 11.5 Å². The molecule has 22 heavy (non-hydrogen) atoms. The second kappa shape index (κ2) is 6.53. The molecule has 3 aromatic rings. The van der Waals surface area contributed by atoms with Crippen LogP contribution in [-0.4, -0.2) is 22.4 Å². The number of H-pyrrole nitrogens is 1. The lowest BCUT2D eigenvalue weighted by Crippen LogP contribution is -2.30. The number of carbonyl (C=O) groups excluding carboxylic acids is 1. The molecule has 0 radical (unpaired) electrons. The number of fused-ring (bicyclic) bond motifs is 1. The van der Waals surface area contributed by atoms with Crippen LogP contribution >= 0.6 is 11.3 Å². The van der Waals surface area contributed by atoms with Crippen LogP contribution in [0.4, 0.5) is 0 Å². The number of hydrogen-bond acceptors (Lipinski definition) is 4. The summed E-state index contributed by atoms with van der Waals surface area (Å²) in [6.07, 6.45) is 3.10. The van der Waals surface area contributed by atoms with Gasteiger partial charge in [0.2, 0.25) is 0 Å². The molecular formula is C16H15N3O2S. The topological polar surface area (TPSA) is 74.8 Å². The molecule has 0 bridgehead atoms. The third-order valence-corrected chi connectivity index (χ3v) is 4.35. The largest absolute Gasteiger partial charge is 0.352 e. The summed E-state index contributed by atoms with van der Waals surface area (Å²) < 4.78 is 1.18. The number of rotatable bonds is 5. The molecule has 1 aromatic carbocycles. The van der Waals surface area contributed by atoms with Gasteiger partial charge in [-0.15, -0.1) is 11.3 Å². The standard InChI is InChI=1S/C16H15N3O2S/c20-15-11(5-3-9-17-15)16(21)18-10-4-8-14-19-12-6-1-2-7-13(12)22-14/h1-3,5-7,9H,4,8,10H2,(H,17,20)(H,18,21). The fraction of sp³-hybridized carbons (Fsp3) is 0.188. The first-order chi connectivity index (χ1) is 10.7. The highest BCUT2D eigenvalue weighted by atomic mass is 32.1. The zero-order chi connectivity index (χ0) is 15.4. The molecule has 0 aliphatic rings. The van der Waals surface area contributed by atoms with Crippen molar-refractivity contribution in [2.75, 3.05) is 6.54 Å². The molecule has 5 nitrogen and oxygen atoms in total. The number of carbonyl (C=O) groups is 1. The van der Waals surface area contributed by atoms with Crippen molar-refractivity contribution in [2.24, 2.45) is 0 Å². The molecule has 0 atom stereocenters. The number of aromatic amines is 1. The van der Waals surface area contributed by atoms with Crippen LogP contribution in [0.15, 0.2) is 47.4 Å². The van der Waals surface area contributed by atoms with Gasteiger partial charge in [0.1, 0.15) is 5.56 Å². The molecule has 6 heteroatoms. The van der Waals surface area contributed by atoms with Crippen LogP contribution in [0.2, 0.25) is 0 Å². The van der Waals surface area contributed by atoms with Gasteiger partial charge in [0, 0.05) is 19.2 Å². The van der Waals surface area contributed by atoms with E-state index < -0.39 is 0 Å². The molecule has 3 rings (SSSR count). The number of nitrogens with one attached hydrogen (secondary N) is 2. The van der Waals surface area contributed by atoms with Gasteiger partial charge in [-0.3, -0.25) is 9.59 Å². The fourth-order valence-electron chi connectivity index (χ4n) is 2.16. The van der Waals surface area contributed by atoms with Gasteiger partial charge >= 0.3 is 0 Å². The maximum atomic E-state index is 11.9. The molecule has 0 fully saturated rings. The Morgan fingerprint density at radius 1 is 1.23 bits per heavy atom. The van der Waals surface area contributed by atoms with E-state index in [1.807, 2.05) is 18.2 Å². The summed E-state index contributed by atoms with van der Waals surface area (Å²) in [7, 11) is 0. The minimum atomic E-state index is -0.369. The van der Waals surface area contributed by atoms with Crippen LogP contribution in [-0.2, 0) is 6.42 Å². The van der Waals surface area contributed by atoms with Crippen molar-refractivity contribution in [3.05, 3.63) is 63.5 Å². The number of nitrogens with zero attached hydrogens (tertiary/aromatic N) is 1. The Balaban J connectivity index is 1.52. The van der Waals surface area contributed by atoms with Crippen molar-refractivity contribution in [3.63, 3.8) is 0 Å². The van der Waals surface area contributed by atoms with E-state index in [2.05, 4.69) is 21.4 Å². The Hall–Kier alpha value is -2.47. The molecule has 0 unspecified atom stereocenters. The molecule has 0 saturated carbocycles. The lowest BCUT2D eigenvalue weighted by molar-refractivity contribution is 0.0951. The first-order valence-corrected chi connectivity index (χ1v) is 7.86. The maximum Gasteiger partial charge on any atom is 0.260 e. The summed E-state index contributed by atoms with van der Waals surface area (Å²) in [4.78, 5) is 30.4. The van der Waals surface area contributed by atoms with E-state index in [9.17, 15) is 9.59 Å². The maximum absolute atomic E-state index is 11.9. The summed E-state index contributed by atoms with van der Waals surface area (Å²) in [5.74, 6) is -0.342. The van der Waals surface area contributed by atoms with E-state index in [4.69, 9.17) is 0 Å². The van der Waals surface area contributed by atoms with Crippen LogP contribution < -0.4 is 10.9 Å². The van der Waals surface area contributed by atoms with Crippen molar-refractivity contribution in [1.29, 1.82) is 0 Å². The van der Waals surface area contributed by atoms with Gasteiger partial charge in [-0.2, -0.15) is 0 Å². The number of amides is 1. The zero-order valence-corrected chi connectivity index (χ0v) is 12.7. The van der Waals surface area contributed by atoms with Crippen LogP contribution in [0.25, 0.3) is 10.2 Å². The van der Waals surface area contributed by atoms with E-state index >= 15 is 0 Å². The van der Waals surface area contributed by atoms with E-state index in [1.54, 1.807) is 17.4 Å². The molecule has 112 valence electrons. The lowest BCUT2D eigenvalue weighted by Gasteiger charge is -2.03. The molecule has 0 aliphatic heterocycles. The molecule has 0 saturated heterocycles. The van der Waals surface area contributed by atoms with Crippen LogP contribution in [0, 0.1) is 0 Å². The van der Waals surface area contributed by atoms with E-state index in [-0.39, 0.29) is 17.0 Å². The molecular weight excluding hydrogens is 298 g/mol. The minimum Gasteiger partial charge on any atom is -0.352 e. The average molecular weight is 313 g/mol. The average Bonchev–Trinajstić information content (AvgIpc) is 2.94. The number of thiazole rings is 1. The van der Waals surface area contributed by atoms with Crippen molar-refractivity contribution in [3.8, 4) is 0 Å². The smallest absolute Gasteiger partial charge is 0.260 e. The van der Waals surface area contributed by atoms with E-state index in [1.165, 1.54) is 17.0 Å². The molecule has 2 N–H and O–H groups in total. The third kappa shape index (κ3) is 3.23. The zero-order valence-electron chi connectivity index (χ0n) is 11.8. The van der Waals surface area contributed by atoms with E-state index in [0.29, 0.717) is 6.54 Å². The monoisotopic (exact) mass is 313 g/mol. The van der Waals surface area contributed by atoms with Crippen molar-refractivity contribution < 1.29 is 4.79 Å². The SMILES string of the molecule is O=C(NCCCc1nc2ccccc2s1)c1ccc[nH]c1=O. The van der Waals surface area contributed by atoms with Gasteiger partial charge in [0.05, 0.1) is 15.2 Å². The first kappa shape index (κ1) is 14.5. The second-order valence-corrected chi connectivity index (χ2v) is 5.96. The molecule has 0 aliphatic carbocycles. The summed E-state index contributed by atoms with van der Waals surface area (Å²) in [6, 6.07) is 11.2. The number of pyridine rings is 1. The summed E-state index contributed by atoms with van der Waals surface area (Å²) >= 11 is 1.68. The van der Waals surface area contributed by atoms with Crippen molar-refractivity contribution in [2.45, 2.75) is 12.8 Å². The van der Waals surface area contributed by atoms with Crippen LogP contribution in [0.1, 0.15) is 21.8 Å². The first-order valence-electron chi connectivity index (χ1n) is 7.04. The van der Waals surface area contributed by atoms with Gasteiger partial charge < -0.3 is 10.3 Å². The normalized spacial score (nSPS) is 10.7. The summed E-state index contributed by atoms with van der Waals surface area (Å²) in [6.45, 7) is 0.517. The van der Waals surface area contributed by atoms with Crippen LogP contribution in [0.5, 0.6) is 0 Å². The highest BCUT2D eigenvalue weighted by Gasteiger charge is 2.09. The van der Waals surface area contributed by atoms with Gasteiger partial charge in [-0.1, -0.05) is 12.1 Å². The molecule has 2 aromatic heterocycles. The third-order valence-electron chi connectivity index (χ3n) is 3.25. The Bertz CT molecular complexity index is 820. The van der Waals surface area contributed by atoms with Crippen LogP contribution in [0.3, 0.4) is 0 Å². The Morgan fingerprint density at radius 2 is 2.09 bits per heavy atom. The quantitative estimate of drug-likeness (QED) is 0.710. The fourth-order valence-corrected chi connectivity index (χ4v) is 3.17. The van der Waals surface area contributed by atoms with Gasteiger partial charge in [0.15, 0.2) is 0 Å². The minimum absolute atomic E-state index is 0.141. The predicted octanol–water partition coefficient (Wildman–Crippen LogP) is 2.35.